The zero-order valence-corrected chi connectivity index (χ0v) is 12.7. The Bertz CT molecular complexity index is 758. The third-order valence-electron chi connectivity index (χ3n) is 3.13. The minimum Gasteiger partial charge on any atom is -0.346 e. The van der Waals surface area contributed by atoms with Crippen LogP contribution < -0.4 is 5.32 Å². The Morgan fingerprint density at radius 3 is 2.26 bits per heavy atom. The van der Waals surface area contributed by atoms with E-state index in [1.165, 1.54) is 24.3 Å². The van der Waals surface area contributed by atoms with Crippen LogP contribution in [-0.4, -0.2) is 9.91 Å². The fourth-order valence-corrected chi connectivity index (χ4v) is 2.19. The lowest BCUT2D eigenvalue weighted by atomic mass is 10.1. The third kappa shape index (κ3) is 4.04. The first-order chi connectivity index (χ1) is 10.7. The van der Waals surface area contributed by atoms with Gasteiger partial charge in [-0.2, -0.15) is 13.2 Å². The van der Waals surface area contributed by atoms with E-state index >= 15 is 0 Å². The van der Waals surface area contributed by atoms with Crippen molar-refractivity contribution in [3.63, 3.8) is 0 Å². The number of anilines is 1. The number of hydrogen-bond donors (Lipinski definition) is 1. The molecule has 2 aromatic rings. The Morgan fingerprint density at radius 2 is 1.78 bits per heavy atom. The number of hydrogen-bond acceptors (Lipinski definition) is 3. The van der Waals surface area contributed by atoms with Crippen LogP contribution in [0.1, 0.15) is 16.7 Å². The minimum atomic E-state index is -4.39. The van der Waals surface area contributed by atoms with Gasteiger partial charge < -0.3 is 5.32 Å². The summed E-state index contributed by atoms with van der Waals surface area (Å²) in [6, 6.07) is 8.83. The van der Waals surface area contributed by atoms with Gasteiger partial charge in [-0.3, -0.25) is 10.1 Å². The lowest BCUT2D eigenvalue weighted by molar-refractivity contribution is -0.385. The van der Waals surface area contributed by atoms with Gasteiger partial charge in [0.1, 0.15) is 4.99 Å². The smallest absolute Gasteiger partial charge is 0.346 e. The Balaban J connectivity index is 2.16. The van der Waals surface area contributed by atoms with Crippen LogP contribution in [0.15, 0.2) is 42.5 Å². The van der Waals surface area contributed by atoms with Gasteiger partial charge in [0, 0.05) is 22.9 Å². The van der Waals surface area contributed by atoms with Gasteiger partial charge in [-0.1, -0.05) is 12.2 Å². The Kier molecular flexibility index (Phi) is 4.65. The summed E-state index contributed by atoms with van der Waals surface area (Å²) in [6.45, 7) is 1.59. The molecule has 120 valence electrons. The van der Waals surface area contributed by atoms with E-state index in [4.69, 9.17) is 12.2 Å². The van der Waals surface area contributed by atoms with E-state index in [1.807, 2.05) is 0 Å². The van der Waals surface area contributed by atoms with Gasteiger partial charge in [0.15, 0.2) is 0 Å². The molecule has 0 fully saturated rings. The van der Waals surface area contributed by atoms with Gasteiger partial charge >= 0.3 is 6.18 Å². The maximum atomic E-state index is 12.5. The van der Waals surface area contributed by atoms with Crippen LogP contribution in [0.25, 0.3) is 0 Å². The number of alkyl halides is 3. The van der Waals surface area contributed by atoms with Gasteiger partial charge in [-0.25, -0.2) is 0 Å². The summed E-state index contributed by atoms with van der Waals surface area (Å²) in [5, 5.41) is 13.6. The maximum Gasteiger partial charge on any atom is 0.416 e. The number of benzene rings is 2. The molecule has 4 nitrogen and oxygen atoms in total. The third-order valence-corrected chi connectivity index (χ3v) is 3.46. The van der Waals surface area contributed by atoms with E-state index in [0.29, 0.717) is 16.8 Å². The first-order valence-corrected chi connectivity index (χ1v) is 6.83. The Hall–Kier alpha value is -2.48. The summed E-state index contributed by atoms with van der Waals surface area (Å²) in [5.41, 5.74) is 0.623. The molecule has 0 bridgehead atoms. The van der Waals surface area contributed by atoms with E-state index in [-0.39, 0.29) is 10.7 Å². The highest BCUT2D eigenvalue weighted by atomic mass is 32.1. The zero-order valence-electron chi connectivity index (χ0n) is 11.8. The molecule has 0 aromatic heterocycles. The van der Waals surface area contributed by atoms with Crippen LogP contribution >= 0.6 is 12.2 Å². The second-order valence-electron chi connectivity index (χ2n) is 4.79. The van der Waals surface area contributed by atoms with Crippen molar-refractivity contribution < 1.29 is 18.1 Å². The number of nitrogens with one attached hydrogen (secondary N) is 1. The predicted octanol–water partition coefficient (Wildman–Crippen LogP) is 4.71. The predicted molar refractivity (Wildman–Crippen MR) is 84.6 cm³/mol. The maximum absolute atomic E-state index is 12.5. The van der Waals surface area contributed by atoms with Crippen LogP contribution in [0.2, 0.25) is 0 Å². The molecule has 0 radical (unpaired) electrons. The second-order valence-corrected chi connectivity index (χ2v) is 5.20. The molecule has 0 atom stereocenters. The zero-order chi connectivity index (χ0) is 17.2. The first-order valence-electron chi connectivity index (χ1n) is 6.42. The fraction of sp³-hybridized carbons (Fsp3) is 0.133. The highest BCUT2D eigenvalue weighted by Crippen LogP contribution is 2.30. The van der Waals surface area contributed by atoms with E-state index in [0.717, 1.165) is 12.1 Å². The van der Waals surface area contributed by atoms with Crippen LogP contribution in [0, 0.1) is 17.0 Å². The van der Waals surface area contributed by atoms with Crippen LogP contribution in [-0.2, 0) is 6.18 Å². The number of halogens is 3. The standard InChI is InChI=1S/C15H11F3N2O2S/c1-9-8-10(2-7-13(9)20(21)22)14(23)19-12-5-3-11(4-6-12)15(16,17)18/h2-8H,1H3,(H,19,23). The van der Waals surface area contributed by atoms with Gasteiger partial charge in [0.2, 0.25) is 0 Å². The number of aryl methyl sites for hydroxylation is 1. The van der Waals surface area contributed by atoms with Crippen LogP contribution in [0.4, 0.5) is 24.5 Å². The SMILES string of the molecule is Cc1cc(C(=S)Nc2ccc(C(F)(F)F)cc2)ccc1[N+](=O)[O-]. The monoisotopic (exact) mass is 340 g/mol. The van der Waals surface area contributed by atoms with Gasteiger partial charge in [0.25, 0.3) is 5.69 Å². The molecule has 0 heterocycles. The first kappa shape index (κ1) is 16.9. The summed E-state index contributed by atoms with van der Waals surface area (Å²) in [6.07, 6.45) is -4.39. The summed E-state index contributed by atoms with van der Waals surface area (Å²) in [4.78, 5) is 10.5. The van der Waals surface area contributed by atoms with E-state index in [1.54, 1.807) is 13.0 Å². The number of rotatable bonds is 3. The topological polar surface area (TPSA) is 55.2 Å². The molecule has 0 amide bonds. The number of nitro groups is 1. The normalized spacial score (nSPS) is 11.1. The van der Waals surface area contributed by atoms with Gasteiger partial charge in [0.05, 0.1) is 10.5 Å². The van der Waals surface area contributed by atoms with Crippen LogP contribution in [0.3, 0.4) is 0 Å². The molecule has 1 N–H and O–H groups in total. The molecule has 23 heavy (non-hydrogen) atoms. The van der Waals surface area contributed by atoms with Crippen molar-refractivity contribution in [2.24, 2.45) is 0 Å². The number of nitrogens with zero attached hydrogens (tertiary/aromatic N) is 1. The highest BCUT2D eigenvalue weighted by Gasteiger charge is 2.29. The molecule has 0 saturated heterocycles. The summed E-state index contributed by atoms with van der Waals surface area (Å²) >= 11 is 5.17. The minimum absolute atomic E-state index is 0.0221. The fourth-order valence-electron chi connectivity index (χ4n) is 1.95. The van der Waals surface area contributed by atoms with Gasteiger partial charge in [-0.05, 0) is 43.3 Å². The number of thiocarbonyl (C=S) groups is 1. The summed E-state index contributed by atoms with van der Waals surface area (Å²) in [5.74, 6) is 0. The molecule has 0 aliphatic rings. The molecule has 0 spiro atoms. The number of nitro benzene ring substituents is 1. The highest BCUT2D eigenvalue weighted by molar-refractivity contribution is 7.81. The summed E-state index contributed by atoms with van der Waals surface area (Å²) in [7, 11) is 0. The van der Waals surface area contributed by atoms with Gasteiger partial charge in [-0.15, -0.1) is 0 Å². The van der Waals surface area contributed by atoms with E-state index in [9.17, 15) is 23.3 Å². The molecular formula is C15H11F3N2O2S. The van der Waals surface area contributed by atoms with Crippen molar-refractivity contribution in [1.82, 2.24) is 0 Å². The van der Waals surface area contributed by atoms with E-state index in [2.05, 4.69) is 5.32 Å². The molecule has 8 heteroatoms. The Labute approximate surface area is 135 Å². The largest absolute Gasteiger partial charge is 0.416 e. The van der Waals surface area contributed by atoms with Crippen molar-refractivity contribution >= 4 is 28.6 Å². The molecule has 0 unspecified atom stereocenters. The molecule has 0 saturated carbocycles. The van der Waals surface area contributed by atoms with Crippen molar-refractivity contribution in [2.45, 2.75) is 13.1 Å². The second kappa shape index (κ2) is 6.33. The molecule has 2 aromatic carbocycles. The quantitative estimate of drug-likeness (QED) is 0.499. The molecule has 2 rings (SSSR count). The van der Waals surface area contributed by atoms with Crippen molar-refractivity contribution in [2.75, 3.05) is 5.32 Å². The lowest BCUT2D eigenvalue weighted by Gasteiger charge is -2.11. The van der Waals surface area contributed by atoms with Crippen molar-refractivity contribution in [3.8, 4) is 0 Å². The lowest BCUT2D eigenvalue weighted by Crippen LogP contribution is -2.11. The average Bonchev–Trinajstić information content (AvgIpc) is 2.46. The van der Waals surface area contributed by atoms with Crippen LogP contribution in [0.5, 0.6) is 0 Å². The van der Waals surface area contributed by atoms with Crippen molar-refractivity contribution in [3.05, 3.63) is 69.3 Å². The van der Waals surface area contributed by atoms with E-state index < -0.39 is 16.7 Å². The molecule has 0 aliphatic carbocycles. The molecular weight excluding hydrogens is 329 g/mol. The summed E-state index contributed by atoms with van der Waals surface area (Å²) < 4.78 is 37.5. The molecule has 0 aliphatic heterocycles. The average molecular weight is 340 g/mol. The Morgan fingerprint density at radius 1 is 1.17 bits per heavy atom. The van der Waals surface area contributed by atoms with Crippen molar-refractivity contribution in [1.29, 1.82) is 0 Å².